The molecular weight excluding hydrogens is 369 g/mol. The van der Waals surface area contributed by atoms with Crippen molar-refractivity contribution in [1.82, 2.24) is 4.90 Å². The van der Waals surface area contributed by atoms with Gasteiger partial charge < -0.3 is 10.0 Å². The SMILES string of the molecule is O=C1c2ccccc2C[C@H](c2ccc(Cl)cc2Cl)N1C1CCC(O)CC1. The first-order chi connectivity index (χ1) is 12.5. The quantitative estimate of drug-likeness (QED) is 0.781. The second kappa shape index (κ2) is 7.22. The van der Waals surface area contributed by atoms with Crippen LogP contribution in [0.25, 0.3) is 0 Å². The molecule has 1 saturated carbocycles. The Balaban J connectivity index is 1.77. The van der Waals surface area contributed by atoms with E-state index in [4.69, 9.17) is 23.2 Å². The molecule has 1 fully saturated rings. The molecule has 2 aliphatic rings. The van der Waals surface area contributed by atoms with Crippen LogP contribution >= 0.6 is 23.2 Å². The summed E-state index contributed by atoms with van der Waals surface area (Å²) in [5.74, 6) is 0.0595. The van der Waals surface area contributed by atoms with E-state index in [-0.39, 0.29) is 24.1 Å². The highest BCUT2D eigenvalue weighted by Crippen LogP contribution is 2.40. The van der Waals surface area contributed by atoms with E-state index in [2.05, 4.69) is 0 Å². The van der Waals surface area contributed by atoms with Crippen LogP contribution < -0.4 is 0 Å². The number of hydrogen-bond donors (Lipinski definition) is 1. The van der Waals surface area contributed by atoms with Crippen molar-refractivity contribution in [2.75, 3.05) is 0 Å². The topological polar surface area (TPSA) is 40.5 Å². The molecule has 1 aliphatic carbocycles. The van der Waals surface area contributed by atoms with Gasteiger partial charge in [0.25, 0.3) is 5.91 Å². The Morgan fingerprint density at radius 1 is 1.00 bits per heavy atom. The van der Waals surface area contributed by atoms with Gasteiger partial charge in [-0.25, -0.2) is 0 Å². The van der Waals surface area contributed by atoms with Gasteiger partial charge in [0.05, 0.1) is 12.1 Å². The molecule has 3 nitrogen and oxygen atoms in total. The minimum atomic E-state index is -0.254. The summed E-state index contributed by atoms with van der Waals surface area (Å²) in [6.45, 7) is 0. The lowest BCUT2D eigenvalue weighted by atomic mass is 9.84. The molecule has 0 radical (unpaired) electrons. The molecule has 0 aromatic heterocycles. The molecule has 0 spiro atoms. The van der Waals surface area contributed by atoms with Gasteiger partial charge in [-0.15, -0.1) is 0 Å². The number of carbonyl (C=O) groups is 1. The summed E-state index contributed by atoms with van der Waals surface area (Å²) in [7, 11) is 0. The lowest BCUT2D eigenvalue weighted by molar-refractivity contribution is 0.0330. The van der Waals surface area contributed by atoms with Gasteiger partial charge in [-0.3, -0.25) is 4.79 Å². The molecule has 2 aromatic rings. The molecule has 0 saturated heterocycles. The molecule has 26 heavy (non-hydrogen) atoms. The molecule has 136 valence electrons. The van der Waals surface area contributed by atoms with Gasteiger partial charge >= 0.3 is 0 Å². The summed E-state index contributed by atoms with van der Waals surface area (Å²) < 4.78 is 0. The Labute approximate surface area is 163 Å². The van der Waals surface area contributed by atoms with Crippen LogP contribution in [0.4, 0.5) is 0 Å². The minimum Gasteiger partial charge on any atom is -0.393 e. The standard InChI is InChI=1S/C21H21Cl2NO2/c22-14-5-10-18(19(23)12-14)20-11-13-3-1-2-4-17(13)21(26)24(20)15-6-8-16(25)9-7-15/h1-5,10,12,15-16,20,25H,6-9,11H2/t15?,16?,20-/m1/s1. The van der Waals surface area contributed by atoms with E-state index < -0.39 is 0 Å². The van der Waals surface area contributed by atoms with Crippen LogP contribution in [-0.2, 0) is 6.42 Å². The molecule has 4 rings (SSSR count). The number of nitrogens with zero attached hydrogens (tertiary/aromatic N) is 1. The highest BCUT2D eigenvalue weighted by molar-refractivity contribution is 6.35. The summed E-state index contributed by atoms with van der Waals surface area (Å²) in [6, 6.07) is 13.3. The van der Waals surface area contributed by atoms with E-state index in [0.717, 1.165) is 48.8 Å². The van der Waals surface area contributed by atoms with E-state index in [0.29, 0.717) is 10.0 Å². The summed E-state index contributed by atoms with van der Waals surface area (Å²) >= 11 is 12.6. The smallest absolute Gasteiger partial charge is 0.254 e. The Kier molecular flexibility index (Phi) is 4.96. The van der Waals surface area contributed by atoms with Gasteiger partial charge in [0, 0.05) is 21.7 Å². The highest BCUT2D eigenvalue weighted by Gasteiger charge is 2.39. The van der Waals surface area contributed by atoms with Crippen LogP contribution in [0.3, 0.4) is 0 Å². The van der Waals surface area contributed by atoms with Crippen LogP contribution in [-0.4, -0.2) is 28.1 Å². The maximum Gasteiger partial charge on any atom is 0.254 e. The van der Waals surface area contributed by atoms with Crippen LogP contribution in [0.5, 0.6) is 0 Å². The van der Waals surface area contributed by atoms with Crippen molar-refractivity contribution in [2.24, 2.45) is 0 Å². The molecule has 1 amide bonds. The Morgan fingerprint density at radius 2 is 1.73 bits per heavy atom. The van der Waals surface area contributed by atoms with E-state index in [1.807, 2.05) is 41.3 Å². The average Bonchev–Trinajstić information content (AvgIpc) is 2.63. The van der Waals surface area contributed by atoms with E-state index >= 15 is 0 Å². The lowest BCUT2D eigenvalue weighted by Crippen LogP contribution is -2.48. The molecule has 1 atom stereocenters. The van der Waals surface area contributed by atoms with Crippen LogP contribution in [0, 0.1) is 0 Å². The van der Waals surface area contributed by atoms with Crippen LogP contribution in [0.2, 0.25) is 10.0 Å². The maximum atomic E-state index is 13.4. The molecule has 0 unspecified atom stereocenters. The molecule has 1 aliphatic heterocycles. The van der Waals surface area contributed by atoms with Crippen molar-refractivity contribution in [1.29, 1.82) is 0 Å². The number of halogens is 2. The second-order valence-electron chi connectivity index (χ2n) is 7.22. The number of aliphatic hydroxyl groups is 1. The van der Waals surface area contributed by atoms with E-state index in [1.54, 1.807) is 6.07 Å². The van der Waals surface area contributed by atoms with Gasteiger partial charge in [0.15, 0.2) is 0 Å². The van der Waals surface area contributed by atoms with Gasteiger partial charge in [-0.05, 0) is 61.4 Å². The van der Waals surface area contributed by atoms with E-state index in [9.17, 15) is 9.90 Å². The van der Waals surface area contributed by atoms with Gasteiger partial charge in [-0.1, -0.05) is 47.5 Å². The number of carbonyl (C=O) groups excluding carboxylic acids is 1. The van der Waals surface area contributed by atoms with E-state index in [1.165, 1.54) is 0 Å². The molecular formula is C21H21Cl2NO2. The number of benzene rings is 2. The first kappa shape index (κ1) is 17.8. The highest BCUT2D eigenvalue weighted by atomic mass is 35.5. The number of amides is 1. The van der Waals surface area contributed by atoms with Crippen molar-refractivity contribution < 1.29 is 9.90 Å². The number of hydrogen-bond acceptors (Lipinski definition) is 2. The fraction of sp³-hybridized carbons (Fsp3) is 0.381. The third-order valence-corrected chi connectivity index (χ3v) is 6.17. The van der Waals surface area contributed by atoms with Crippen molar-refractivity contribution in [3.63, 3.8) is 0 Å². The van der Waals surface area contributed by atoms with Crippen molar-refractivity contribution in [2.45, 2.75) is 50.3 Å². The van der Waals surface area contributed by atoms with Gasteiger partial charge in [0.1, 0.15) is 0 Å². The lowest BCUT2D eigenvalue weighted by Gasteiger charge is -2.44. The number of aliphatic hydroxyl groups excluding tert-OH is 1. The van der Waals surface area contributed by atoms with Crippen molar-refractivity contribution in [3.8, 4) is 0 Å². The predicted molar refractivity (Wildman–Crippen MR) is 104 cm³/mol. The normalized spacial score (nSPS) is 25.9. The second-order valence-corrected chi connectivity index (χ2v) is 8.06. The van der Waals surface area contributed by atoms with Gasteiger partial charge in [-0.2, -0.15) is 0 Å². The van der Waals surface area contributed by atoms with Crippen LogP contribution in [0.15, 0.2) is 42.5 Å². The summed E-state index contributed by atoms with van der Waals surface area (Å²) in [5, 5.41) is 11.1. The Bertz CT molecular complexity index is 831. The molecule has 2 aromatic carbocycles. The number of fused-ring (bicyclic) bond motifs is 1. The number of rotatable bonds is 2. The molecule has 1 heterocycles. The predicted octanol–water partition coefficient (Wildman–Crippen LogP) is 5.04. The first-order valence-corrected chi connectivity index (χ1v) is 9.84. The maximum absolute atomic E-state index is 13.4. The third-order valence-electron chi connectivity index (χ3n) is 5.61. The molecule has 0 bridgehead atoms. The zero-order valence-electron chi connectivity index (χ0n) is 14.4. The zero-order valence-corrected chi connectivity index (χ0v) is 15.9. The fourth-order valence-electron chi connectivity index (χ4n) is 4.28. The summed E-state index contributed by atoms with van der Waals surface area (Å²) in [5.41, 5.74) is 2.77. The summed E-state index contributed by atoms with van der Waals surface area (Å²) in [4.78, 5) is 15.4. The molecule has 1 N–H and O–H groups in total. The van der Waals surface area contributed by atoms with Crippen molar-refractivity contribution in [3.05, 3.63) is 69.2 Å². The monoisotopic (exact) mass is 389 g/mol. The average molecular weight is 390 g/mol. The van der Waals surface area contributed by atoms with Crippen LogP contribution in [0.1, 0.15) is 53.2 Å². The Morgan fingerprint density at radius 3 is 2.46 bits per heavy atom. The zero-order chi connectivity index (χ0) is 18.3. The minimum absolute atomic E-state index is 0.0595. The first-order valence-electron chi connectivity index (χ1n) is 9.08. The third kappa shape index (κ3) is 3.24. The van der Waals surface area contributed by atoms with Crippen molar-refractivity contribution >= 4 is 29.1 Å². The summed E-state index contributed by atoms with van der Waals surface area (Å²) in [6.07, 6.45) is 3.58. The molecule has 5 heteroatoms. The largest absolute Gasteiger partial charge is 0.393 e. The van der Waals surface area contributed by atoms with Gasteiger partial charge in [0.2, 0.25) is 0 Å². The Hall–Kier alpha value is -1.55. The fourth-order valence-corrected chi connectivity index (χ4v) is 4.82.